The van der Waals surface area contributed by atoms with Gasteiger partial charge in [0.15, 0.2) is 0 Å². The minimum atomic E-state index is 0.706. The molecule has 1 fully saturated rings. The Morgan fingerprint density at radius 3 is 2.62 bits per heavy atom. The van der Waals surface area contributed by atoms with Crippen LogP contribution >= 0.6 is 0 Å². The molecule has 3 rings (SSSR count). The number of nitrogens with one attached hydrogen (secondary N) is 1. The summed E-state index contributed by atoms with van der Waals surface area (Å²) in [6.07, 6.45) is 4.97. The van der Waals surface area contributed by atoms with Crippen LogP contribution in [0.1, 0.15) is 25.7 Å². The molecule has 0 spiro atoms. The summed E-state index contributed by atoms with van der Waals surface area (Å²) in [7, 11) is 0. The summed E-state index contributed by atoms with van der Waals surface area (Å²) in [5.74, 6) is 0.989. The van der Waals surface area contributed by atoms with Gasteiger partial charge in [0.2, 0.25) is 0 Å². The van der Waals surface area contributed by atoms with E-state index < -0.39 is 0 Å². The molecule has 2 heteroatoms. The molecule has 1 heterocycles. The molecule has 2 aromatic rings. The standard InChI is InChI=1S/C19H23NO/c1-2-8-16(9-3-1)18-12-4-5-13-19(18)21-15-7-11-17-10-6-14-20-17/h1-5,8-9,12-13,17,20H,6-7,10-11,14-15H2. The smallest absolute Gasteiger partial charge is 0.127 e. The third-order valence-corrected chi connectivity index (χ3v) is 4.09. The summed E-state index contributed by atoms with van der Waals surface area (Å²) in [6, 6.07) is 19.4. The van der Waals surface area contributed by atoms with Gasteiger partial charge in [-0.15, -0.1) is 0 Å². The van der Waals surface area contributed by atoms with Crippen LogP contribution in [0.15, 0.2) is 54.6 Å². The Labute approximate surface area is 127 Å². The van der Waals surface area contributed by atoms with E-state index in [1.165, 1.54) is 36.9 Å². The molecule has 1 aliphatic rings. The van der Waals surface area contributed by atoms with E-state index in [0.717, 1.165) is 18.8 Å². The summed E-state index contributed by atoms with van der Waals surface area (Å²) < 4.78 is 6.02. The summed E-state index contributed by atoms with van der Waals surface area (Å²) in [5, 5.41) is 3.54. The van der Waals surface area contributed by atoms with Crippen molar-refractivity contribution in [1.82, 2.24) is 5.32 Å². The van der Waals surface area contributed by atoms with Gasteiger partial charge in [-0.05, 0) is 43.9 Å². The molecule has 0 amide bonds. The van der Waals surface area contributed by atoms with E-state index in [4.69, 9.17) is 4.74 Å². The first-order chi connectivity index (χ1) is 10.4. The second-order valence-electron chi connectivity index (χ2n) is 5.65. The van der Waals surface area contributed by atoms with Crippen molar-refractivity contribution in [1.29, 1.82) is 0 Å². The Morgan fingerprint density at radius 2 is 1.81 bits per heavy atom. The van der Waals surface area contributed by atoms with Gasteiger partial charge in [-0.3, -0.25) is 0 Å². The van der Waals surface area contributed by atoms with E-state index >= 15 is 0 Å². The van der Waals surface area contributed by atoms with E-state index in [-0.39, 0.29) is 0 Å². The summed E-state index contributed by atoms with van der Waals surface area (Å²) in [5.41, 5.74) is 2.39. The van der Waals surface area contributed by atoms with Gasteiger partial charge in [-0.25, -0.2) is 0 Å². The molecule has 1 atom stereocenters. The van der Waals surface area contributed by atoms with Crippen LogP contribution in [0.3, 0.4) is 0 Å². The molecule has 2 aromatic carbocycles. The summed E-state index contributed by atoms with van der Waals surface area (Å²) in [6.45, 7) is 1.98. The second kappa shape index (κ2) is 7.28. The topological polar surface area (TPSA) is 21.3 Å². The van der Waals surface area contributed by atoms with Gasteiger partial charge in [0.25, 0.3) is 0 Å². The van der Waals surface area contributed by atoms with Gasteiger partial charge < -0.3 is 10.1 Å². The van der Waals surface area contributed by atoms with Gasteiger partial charge in [0.05, 0.1) is 6.61 Å². The van der Waals surface area contributed by atoms with Crippen molar-refractivity contribution < 1.29 is 4.74 Å². The molecular weight excluding hydrogens is 258 g/mol. The van der Waals surface area contributed by atoms with E-state index in [1.807, 2.05) is 12.1 Å². The first-order valence-corrected chi connectivity index (χ1v) is 7.94. The Morgan fingerprint density at radius 1 is 1.00 bits per heavy atom. The van der Waals surface area contributed by atoms with Crippen molar-refractivity contribution in [2.45, 2.75) is 31.7 Å². The predicted octanol–water partition coefficient (Wildman–Crippen LogP) is 4.26. The van der Waals surface area contributed by atoms with Crippen LogP contribution in [0.25, 0.3) is 11.1 Å². The lowest BCUT2D eigenvalue weighted by atomic mass is 10.0. The first-order valence-electron chi connectivity index (χ1n) is 7.94. The zero-order chi connectivity index (χ0) is 14.3. The molecule has 21 heavy (non-hydrogen) atoms. The van der Waals surface area contributed by atoms with Crippen LogP contribution in [-0.2, 0) is 0 Å². The Hall–Kier alpha value is -1.80. The Kier molecular flexibility index (Phi) is 4.90. The van der Waals surface area contributed by atoms with Crippen molar-refractivity contribution in [2.24, 2.45) is 0 Å². The highest BCUT2D eigenvalue weighted by Crippen LogP contribution is 2.29. The Bertz CT molecular complexity index is 547. The fourth-order valence-corrected chi connectivity index (χ4v) is 2.96. The quantitative estimate of drug-likeness (QED) is 0.799. The molecule has 1 aliphatic heterocycles. The SMILES string of the molecule is c1ccc(-c2ccccc2OCCCC2CCCN2)cc1. The van der Waals surface area contributed by atoms with Crippen LogP contribution in [0.4, 0.5) is 0 Å². The van der Waals surface area contributed by atoms with Crippen molar-refractivity contribution in [2.75, 3.05) is 13.2 Å². The van der Waals surface area contributed by atoms with Crippen molar-refractivity contribution in [3.8, 4) is 16.9 Å². The monoisotopic (exact) mass is 281 g/mol. The zero-order valence-electron chi connectivity index (χ0n) is 12.4. The minimum Gasteiger partial charge on any atom is -0.493 e. The van der Waals surface area contributed by atoms with E-state index in [2.05, 4.69) is 47.8 Å². The fraction of sp³-hybridized carbons (Fsp3) is 0.368. The van der Waals surface area contributed by atoms with Crippen LogP contribution in [-0.4, -0.2) is 19.2 Å². The highest BCUT2D eigenvalue weighted by molar-refractivity contribution is 5.70. The molecule has 1 saturated heterocycles. The summed E-state index contributed by atoms with van der Waals surface area (Å²) >= 11 is 0. The molecule has 1 unspecified atom stereocenters. The number of hydrogen-bond acceptors (Lipinski definition) is 2. The molecule has 110 valence electrons. The number of ether oxygens (including phenoxy) is 1. The van der Waals surface area contributed by atoms with Crippen LogP contribution in [0.5, 0.6) is 5.75 Å². The Balaban J connectivity index is 1.58. The van der Waals surface area contributed by atoms with Gasteiger partial charge in [0.1, 0.15) is 5.75 Å². The molecule has 0 aliphatic carbocycles. The van der Waals surface area contributed by atoms with E-state index in [0.29, 0.717) is 6.04 Å². The molecule has 1 N–H and O–H groups in total. The lowest BCUT2D eigenvalue weighted by Gasteiger charge is -2.13. The predicted molar refractivity (Wildman–Crippen MR) is 87.6 cm³/mol. The lowest BCUT2D eigenvalue weighted by molar-refractivity contribution is 0.300. The zero-order valence-corrected chi connectivity index (χ0v) is 12.4. The maximum Gasteiger partial charge on any atom is 0.127 e. The highest BCUT2D eigenvalue weighted by Gasteiger charge is 2.13. The van der Waals surface area contributed by atoms with E-state index in [9.17, 15) is 0 Å². The molecular formula is C19H23NO. The third-order valence-electron chi connectivity index (χ3n) is 4.09. The van der Waals surface area contributed by atoms with Crippen LogP contribution in [0.2, 0.25) is 0 Å². The highest BCUT2D eigenvalue weighted by atomic mass is 16.5. The van der Waals surface area contributed by atoms with Crippen LogP contribution in [0, 0.1) is 0 Å². The average molecular weight is 281 g/mol. The normalized spacial score (nSPS) is 17.8. The van der Waals surface area contributed by atoms with Gasteiger partial charge in [-0.2, -0.15) is 0 Å². The average Bonchev–Trinajstić information content (AvgIpc) is 3.06. The summed E-state index contributed by atoms with van der Waals surface area (Å²) in [4.78, 5) is 0. The second-order valence-corrected chi connectivity index (χ2v) is 5.65. The number of rotatable bonds is 6. The van der Waals surface area contributed by atoms with Gasteiger partial charge in [-0.1, -0.05) is 48.5 Å². The third kappa shape index (κ3) is 3.85. The van der Waals surface area contributed by atoms with Crippen LogP contribution < -0.4 is 10.1 Å². The largest absolute Gasteiger partial charge is 0.493 e. The minimum absolute atomic E-state index is 0.706. The molecule has 0 saturated carbocycles. The molecule has 0 aromatic heterocycles. The maximum atomic E-state index is 6.02. The maximum absolute atomic E-state index is 6.02. The van der Waals surface area contributed by atoms with E-state index in [1.54, 1.807) is 0 Å². The number of benzene rings is 2. The van der Waals surface area contributed by atoms with Gasteiger partial charge >= 0.3 is 0 Å². The lowest BCUT2D eigenvalue weighted by Crippen LogP contribution is -2.21. The number of para-hydroxylation sites is 1. The van der Waals surface area contributed by atoms with Crippen molar-refractivity contribution >= 4 is 0 Å². The fourth-order valence-electron chi connectivity index (χ4n) is 2.96. The molecule has 0 radical (unpaired) electrons. The first kappa shape index (κ1) is 14.2. The number of hydrogen-bond donors (Lipinski definition) is 1. The van der Waals surface area contributed by atoms with Gasteiger partial charge in [0, 0.05) is 11.6 Å². The van der Waals surface area contributed by atoms with Crippen molar-refractivity contribution in [3.63, 3.8) is 0 Å². The van der Waals surface area contributed by atoms with Crippen molar-refractivity contribution in [3.05, 3.63) is 54.6 Å². The molecule has 2 nitrogen and oxygen atoms in total. The molecule has 0 bridgehead atoms.